The molecule has 6 heterocycles. The summed E-state index contributed by atoms with van der Waals surface area (Å²) in [5, 5.41) is 49.8. The summed E-state index contributed by atoms with van der Waals surface area (Å²) in [4.78, 5) is 53.5. The van der Waals surface area contributed by atoms with E-state index in [9.17, 15) is 29.7 Å². The summed E-state index contributed by atoms with van der Waals surface area (Å²) in [6.07, 6.45) is 13.4. The van der Waals surface area contributed by atoms with Gasteiger partial charge in [-0.2, -0.15) is 0 Å². The molecule has 16 nitrogen and oxygen atoms in total. The topological polar surface area (TPSA) is 190 Å². The average Bonchev–Trinajstić information content (AvgIpc) is 3.73. The van der Waals surface area contributed by atoms with E-state index in [0.717, 1.165) is 89.5 Å². The average molecular weight is 943 g/mol. The van der Waals surface area contributed by atoms with Gasteiger partial charge in [0.05, 0.1) is 23.5 Å². The third-order valence-corrected chi connectivity index (χ3v) is 16.9. The Bertz CT molecular complexity index is 2440. The molecule has 3 aromatic rings. The molecule has 368 valence electrons. The van der Waals surface area contributed by atoms with Crippen LogP contribution in [0.2, 0.25) is 0 Å². The maximum Gasteiger partial charge on any atom is 0.246 e. The second-order valence-corrected chi connectivity index (χ2v) is 22.3. The molecule has 2 aliphatic carbocycles. The van der Waals surface area contributed by atoms with Gasteiger partial charge in [0.15, 0.2) is 5.82 Å². The molecule has 6 fully saturated rings. The second-order valence-electron chi connectivity index (χ2n) is 22.3. The van der Waals surface area contributed by atoms with Gasteiger partial charge >= 0.3 is 0 Å². The van der Waals surface area contributed by atoms with E-state index in [-0.39, 0.29) is 54.2 Å². The monoisotopic (exact) mass is 943 g/mol. The van der Waals surface area contributed by atoms with E-state index >= 15 is 0 Å². The Labute approximate surface area is 406 Å². The minimum Gasteiger partial charge on any atom is -0.508 e. The van der Waals surface area contributed by atoms with Gasteiger partial charge in [0, 0.05) is 86.4 Å². The Morgan fingerprint density at radius 1 is 0.826 bits per heavy atom. The number of rotatable bonds is 10. The lowest BCUT2D eigenvalue weighted by Gasteiger charge is -2.60. The molecule has 4 saturated heterocycles. The number of anilines is 2. The van der Waals surface area contributed by atoms with Gasteiger partial charge in [0.1, 0.15) is 23.6 Å². The SMILES string of the molecule is C#Cc1ccc(CNC(=O)[C@@H]2C[C@@H](O)CN2C(=O)[C@@H](NC(=O)C2CC3(C2)CC(N2CCC(N4CCC(N5CCN6c7cc(-c8ccccc8O)nnc7NC[C@H]6C5)CC4)CC2)C3)C(C)(C)C)c(O)c1. The Balaban J connectivity index is 0.648. The summed E-state index contributed by atoms with van der Waals surface area (Å²) < 4.78 is 0. The standard InChI is InChI=1S/C53H70N10O6/c1-5-33-10-11-34(46(66)22-33)29-55-50(68)44-23-40(64)32-63(44)51(69)47(52(2,3)4)56-49(67)35-25-53(26-35)27-38(28-53)60-18-12-36(13-19-60)59-16-14-37(15-17-59)61-20-21-62-39(31-61)30-54-48-43(62)24-42(57-58-48)41-8-6-7-9-45(41)65/h1,6-11,22,24,35-40,44,47,64-66H,12-21,23,25-32H2,2-4H3,(H,54,58)(H,55,68)(H,56,67)/t35?,38?,39-,40+,44-,47+,53?/m0/s1. The Morgan fingerprint density at radius 3 is 2.20 bits per heavy atom. The van der Waals surface area contributed by atoms with E-state index in [1.54, 1.807) is 18.2 Å². The fraction of sp³-hybridized carbons (Fsp3) is 0.604. The molecule has 1 spiro atoms. The summed E-state index contributed by atoms with van der Waals surface area (Å²) in [6.45, 7) is 14.2. The van der Waals surface area contributed by atoms with Crippen molar-refractivity contribution in [2.45, 2.75) is 127 Å². The zero-order valence-electron chi connectivity index (χ0n) is 40.4. The largest absolute Gasteiger partial charge is 0.508 e. The van der Waals surface area contributed by atoms with Crippen molar-refractivity contribution in [3.8, 4) is 35.1 Å². The summed E-state index contributed by atoms with van der Waals surface area (Å²) in [6, 6.07) is 14.6. The summed E-state index contributed by atoms with van der Waals surface area (Å²) in [7, 11) is 0. The van der Waals surface area contributed by atoms with Crippen LogP contribution in [-0.4, -0.2) is 164 Å². The number of nitrogens with zero attached hydrogens (tertiary/aromatic N) is 7. The second kappa shape index (κ2) is 19.0. The van der Waals surface area contributed by atoms with E-state index in [1.165, 1.54) is 36.6 Å². The van der Waals surface area contributed by atoms with E-state index in [4.69, 9.17) is 6.42 Å². The first-order valence-corrected chi connectivity index (χ1v) is 25.4. The van der Waals surface area contributed by atoms with Gasteiger partial charge < -0.3 is 50.9 Å². The highest BCUT2D eigenvalue weighted by atomic mass is 16.3. The molecule has 0 bridgehead atoms. The molecule has 2 aromatic carbocycles. The third-order valence-electron chi connectivity index (χ3n) is 16.9. The molecule has 69 heavy (non-hydrogen) atoms. The van der Waals surface area contributed by atoms with Crippen molar-refractivity contribution in [2.75, 3.05) is 69.1 Å². The molecular weight excluding hydrogens is 873 g/mol. The number of para-hydroxylation sites is 1. The number of phenolic OH excluding ortho intramolecular Hbond substituents is 2. The van der Waals surface area contributed by atoms with Crippen LogP contribution >= 0.6 is 0 Å². The van der Waals surface area contributed by atoms with Crippen LogP contribution in [0.5, 0.6) is 11.5 Å². The number of β-amino-alcohol motifs (C(OH)–C–C–N with tert-alkyl or cyclic N) is 1. The highest BCUT2D eigenvalue weighted by Gasteiger charge is 2.57. The van der Waals surface area contributed by atoms with Gasteiger partial charge in [-0.3, -0.25) is 19.3 Å². The van der Waals surface area contributed by atoms with Crippen LogP contribution in [0, 0.1) is 29.1 Å². The number of hydrogen-bond acceptors (Lipinski definition) is 13. The Hall–Kier alpha value is -5.47. The van der Waals surface area contributed by atoms with E-state index in [0.29, 0.717) is 46.6 Å². The van der Waals surface area contributed by atoms with Gasteiger partial charge in [0.25, 0.3) is 0 Å². The number of carbonyl (C=O) groups excluding carboxylic acids is 3. The molecule has 0 radical (unpaired) electrons. The predicted molar refractivity (Wildman–Crippen MR) is 263 cm³/mol. The Kier molecular flexibility index (Phi) is 13.0. The maximum atomic E-state index is 14.2. The van der Waals surface area contributed by atoms with E-state index in [1.807, 2.05) is 39.0 Å². The van der Waals surface area contributed by atoms with Crippen molar-refractivity contribution in [3.63, 3.8) is 0 Å². The zero-order valence-corrected chi connectivity index (χ0v) is 40.4. The van der Waals surface area contributed by atoms with Gasteiger partial charge in [-0.25, -0.2) is 0 Å². The van der Waals surface area contributed by atoms with Crippen molar-refractivity contribution in [3.05, 3.63) is 59.7 Å². The number of aromatic nitrogens is 2. The number of likely N-dealkylation sites (tertiary alicyclic amines) is 3. The van der Waals surface area contributed by atoms with Crippen molar-refractivity contribution in [1.82, 2.24) is 40.4 Å². The van der Waals surface area contributed by atoms with Gasteiger partial charge in [-0.15, -0.1) is 16.6 Å². The predicted octanol–water partition coefficient (Wildman–Crippen LogP) is 3.75. The molecule has 6 N–H and O–H groups in total. The first-order chi connectivity index (χ1) is 33.1. The number of aliphatic hydroxyl groups excluding tert-OH is 1. The zero-order chi connectivity index (χ0) is 48.2. The molecule has 10 rings (SSSR count). The Morgan fingerprint density at radius 2 is 1.52 bits per heavy atom. The lowest BCUT2D eigenvalue weighted by molar-refractivity contribution is -0.150. The van der Waals surface area contributed by atoms with Gasteiger partial charge in [-0.05, 0) is 119 Å². The molecule has 2 saturated carbocycles. The van der Waals surface area contributed by atoms with Crippen LogP contribution in [0.4, 0.5) is 11.5 Å². The molecule has 16 heteroatoms. The number of nitrogens with one attached hydrogen (secondary N) is 3. The van der Waals surface area contributed by atoms with Gasteiger partial charge in [-0.1, -0.05) is 44.9 Å². The first-order valence-electron chi connectivity index (χ1n) is 25.4. The number of terminal acetylenes is 1. The number of piperazine rings is 1. The molecule has 5 aliphatic heterocycles. The molecule has 7 aliphatic rings. The van der Waals surface area contributed by atoms with Gasteiger partial charge in [0.2, 0.25) is 17.7 Å². The van der Waals surface area contributed by atoms with Crippen molar-refractivity contribution >= 4 is 29.2 Å². The third kappa shape index (κ3) is 9.59. The normalized spacial score (nSPS) is 28.4. The maximum absolute atomic E-state index is 14.2. The van der Waals surface area contributed by atoms with Crippen LogP contribution in [0.1, 0.15) is 89.7 Å². The first kappa shape index (κ1) is 47.2. The van der Waals surface area contributed by atoms with E-state index in [2.05, 4.69) is 57.7 Å². The smallest absolute Gasteiger partial charge is 0.246 e. The van der Waals surface area contributed by atoms with E-state index < -0.39 is 29.5 Å². The minimum absolute atomic E-state index is 0.00137. The number of carbonyl (C=O) groups is 3. The molecule has 3 amide bonds. The van der Waals surface area contributed by atoms with Crippen molar-refractivity contribution in [2.24, 2.45) is 16.7 Å². The number of amides is 3. The highest BCUT2D eigenvalue weighted by molar-refractivity contribution is 5.94. The summed E-state index contributed by atoms with van der Waals surface area (Å²) in [5.74, 6) is 2.41. The molecule has 0 unspecified atom stereocenters. The highest BCUT2D eigenvalue weighted by Crippen LogP contribution is 2.60. The van der Waals surface area contributed by atoms with Crippen LogP contribution < -0.4 is 20.9 Å². The molecule has 1 aromatic heterocycles. The van der Waals surface area contributed by atoms with Crippen LogP contribution in [-0.2, 0) is 20.9 Å². The van der Waals surface area contributed by atoms with Crippen molar-refractivity contribution in [1.29, 1.82) is 0 Å². The quantitative estimate of drug-likeness (QED) is 0.162. The van der Waals surface area contributed by atoms with Crippen LogP contribution in [0.3, 0.4) is 0 Å². The fourth-order valence-corrected chi connectivity index (χ4v) is 12.9. The van der Waals surface area contributed by atoms with Crippen LogP contribution in [0.25, 0.3) is 11.3 Å². The number of phenols is 2. The molecule has 4 atom stereocenters. The number of aliphatic hydroxyl groups is 1. The number of hydrogen-bond donors (Lipinski definition) is 6. The summed E-state index contributed by atoms with van der Waals surface area (Å²) >= 11 is 0. The number of fused-ring (bicyclic) bond motifs is 3. The van der Waals surface area contributed by atoms with Crippen LogP contribution in [0.15, 0.2) is 48.5 Å². The number of aromatic hydroxyl groups is 2. The lowest BCUT2D eigenvalue weighted by atomic mass is 9.49. The fourth-order valence-electron chi connectivity index (χ4n) is 12.9. The number of benzene rings is 2. The molecular formula is C53H70N10O6. The summed E-state index contributed by atoms with van der Waals surface area (Å²) in [5.41, 5.74) is 3.04. The van der Waals surface area contributed by atoms with Crippen molar-refractivity contribution < 1.29 is 29.7 Å². The minimum atomic E-state index is -0.907. The lowest BCUT2D eigenvalue weighted by Crippen LogP contribution is -2.63. The number of piperidine rings is 2.